The molecule has 0 bridgehead atoms. The van der Waals surface area contributed by atoms with Crippen molar-refractivity contribution in [1.29, 1.82) is 0 Å². The molecule has 0 radical (unpaired) electrons. The predicted molar refractivity (Wildman–Crippen MR) is 56.5 cm³/mol. The highest BCUT2D eigenvalue weighted by molar-refractivity contribution is 8.76. The minimum absolute atomic E-state index is 0.190. The van der Waals surface area contributed by atoms with Crippen LogP contribution in [0.15, 0.2) is 0 Å². The summed E-state index contributed by atoms with van der Waals surface area (Å²) in [6.45, 7) is 0. The van der Waals surface area contributed by atoms with Gasteiger partial charge in [-0.05, 0) is 12.5 Å². The largest absolute Gasteiger partial charge is 0.480 e. The van der Waals surface area contributed by atoms with Crippen LogP contribution in [0.1, 0.15) is 0 Å². The number of hydrogen-bond acceptors (Lipinski definition) is 5. The van der Waals surface area contributed by atoms with Crippen molar-refractivity contribution in [2.75, 3.05) is 18.3 Å². The van der Waals surface area contributed by atoms with Crippen LogP contribution >= 0.6 is 34.2 Å². The molecule has 0 heterocycles. The SMILES string of the molecule is CSSC.NC(CS)C(=O)O. The van der Waals surface area contributed by atoms with Gasteiger partial charge in [0.2, 0.25) is 0 Å². The highest BCUT2D eigenvalue weighted by Crippen LogP contribution is 2.09. The van der Waals surface area contributed by atoms with Crippen molar-refractivity contribution in [2.24, 2.45) is 5.73 Å². The van der Waals surface area contributed by atoms with Gasteiger partial charge in [0.25, 0.3) is 0 Å². The van der Waals surface area contributed by atoms with E-state index in [9.17, 15) is 4.79 Å². The molecule has 0 aliphatic heterocycles. The lowest BCUT2D eigenvalue weighted by Crippen LogP contribution is -2.31. The second kappa shape index (κ2) is 10.5. The molecule has 0 amide bonds. The van der Waals surface area contributed by atoms with E-state index in [1.54, 1.807) is 21.6 Å². The molecule has 0 aromatic carbocycles. The predicted octanol–water partition coefficient (Wildman–Crippen LogP) is 0.956. The standard InChI is InChI=1S/C3H7NO2S.C2H6S2/c4-2(1-7)3(5)6;1-3-4-2/h2,7H,1,4H2,(H,5,6);1-2H3. The topological polar surface area (TPSA) is 63.3 Å². The molecule has 3 N–H and O–H groups in total. The van der Waals surface area contributed by atoms with Crippen molar-refractivity contribution in [3.63, 3.8) is 0 Å². The van der Waals surface area contributed by atoms with Gasteiger partial charge in [-0.25, -0.2) is 0 Å². The molecule has 0 spiro atoms. The molecule has 0 saturated carbocycles. The summed E-state index contributed by atoms with van der Waals surface area (Å²) in [6.07, 6.45) is 4.12. The summed E-state index contributed by atoms with van der Waals surface area (Å²) in [4.78, 5) is 9.76. The lowest BCUT2D eigenvalue weighted by molar-refractivity contribution is -0.137. The minimum atomic E-state index is -1.00. The number of nitrogens with two attached hydrogens (primary N) is 1. The molecule has 3 nitrogen and oxygen atoms in total. The number of aliphatic carboxylic acids is 1. The summed E-state index contributed by atoms with van der Waals surface area (Å²) in [6, 6.07) is -0.816. The van der Waals surface area contributed by atoms with Crippen molar-refractivity contribution in [1.82, 2.24) is 0 Å². The van der Waals surface area contributed by atoms with Crippen LogP contribution in [0, 0.1) is 0 Å². The summed E-state index contributed by atoms with van der Waals surface area (Å²) in [5, 5.41) is 8.01. The molecule has 1 unspecified atom stereocenters. The fourth-order valence-corrected chi connectivity index (χ4v) is 0.234. The van der Waals surface area contributed by atoms with Crippen molar-refractivity contribution in [3.05, 3.63) is 0 Å². The fourth-order valence-electron chi connectivity index (χ4n) is 0.0781. The van der Waals surface area contributed by atoms with Crippen LogP contribution in [0.5, 0.6) is 0 Å². The molecule has 11 heavy (non-hydrogen) atoms. The Morgan fingerprint density at radius 2 is 2.00 bits per heavy atom. The van der Waals surface area contributed by atoms with Gasteiger partial charge in [-0.1, -0.05) is 21.6 Å². The normalized spacial score (nSPS) is 11.3. The van der Waals surface area contributed by atoms with Crippen molar-refractivity contribution in [3.8, 4) is 0 Å². The summed E-state index contributed by atoms with van der Waals surface area (Å²) >= 11 is 3.65. The summed E-state index contributed by atoms with van der Waals surface area (Å²) in [7, 11) is 3.55. The Labute approximate surface area is 80.3 Å². The quantitative estimate of drug-likeness (QED) is 0.483. The molecule has 6 heteroatoms. The molecular weight excluding hydrogens is 202 g/mol. The first-order valence-corrected chi connectivity index (χ1v) is 6.36. The summed E-state index contributed by atoms with van der Waals surface area (Å²) in [5.41, 5.74) is 4.94. The van der Waals surface area contributed by atoms with E-state index in [0.717, 1.165) is 0 Å². The van der Waals surface area contributed by atoms with E-state index >= 15 is 0 Å². The number of carboxylic acids is 1. The molecule has 1 atom stereocenters. The van der Waals surface area contributed by atoms with Crippen LogP contribution in [0.2, 0.25) is 0 Å². The van der Waals surface area contributed by atoms with Crippen LogP contribution in [0.4, 0.5) is 0 Å². The fraction of sp³-hybridized carbons (Fsp3) is 0.800. The zero-order valence-electron chi connectivity index (χ0n) is 6.48. The first-order chi connectivity index (χ1) is 5.09. The lowest BCUT2D eigenvalue weighted by Gasteiger charge is -1.96. The maximum Gasteiger partial charge on any atom is 0.321 e. The molecule has 0 aliphatic carbocycles. The van der Waals surface area contributed by atoms with E-state index in [-0.39, 0.29) is 5.75 Å². The van der Waals surface area contributed by atoms with Crippen LogP contribution in [0.25, 0.3) is 0 Å². The first-order valence-electron chi connectivity index (χ1n) is 2.76. The summed E-state index contributed by atoms with van der Waals surface area (Å²) in [5.74, 6) is -0.815. The molecule has 0 fully saturated rings. The molecule has 0 aromatic rings. The van der Waals surface area contributed by atoms with Crippen LogP contribution in [-0.4, -0.2) is 35.4 Å². The third-order valence-corrected chi connectivity index (χ3v) is 2.41. The highest BCUT2D eigenvalue weighted by atomic mass is 33.1. The van der Waals surface area contributed by atoms with Gasteiger partial charge in [0.1, 0.15) is 6.04 Å². The van der Waals surface area contributed by atoms with Gasteiger partial charge < -0.3 is 10.8 Å². The Balaban J connectivity index is 0. The average Bonchev–Trinajstić information content (AvgIpc) is 2.03. The third-order valence-electron chi connectivity index (χ3n) is 0.681. The monoisotopic (exact) mass is 215 g/mol. The Kier molecular flexibility index (Phi) is 13.4. The van der Waals surface area contributed by atoms with Gasteiger partial charge >= 0.3 is 5.97 Å². The zero-order valence-corrected chi connectivity index (χ0v) is 9.01. The van der Waals surface area contributed by atoms with Gasteiger partial charge in [-0.3, -0.25) is 4.79 Å². The first kappa shape index (κ1) is 14.0. The lowest BCUT2D eigenvalue weighted by atomic mass is 10.4. The van der Waals surface area contributed by atoms with Gasteiger partial charge in [0.05, 0.1) is 0 Å². The molecule has 0 aromatic heterocycles. The van der Waals surface area contributed by atoms with Crippen LogP contribution in [0.3, 0.4) is 0 Å². The molecule has 68 valence electrons. The van der Waals surface area contributed by atoms with E-state index < -0.39 is 12.0 Å². The van der Waals surface area contributed by atoms with Crippen molar-refractivity contribution in [2.45, 2.75) is 6.04 Å². The van der Waals surface area contributed by atoms with Gasteiger partial charge in [-0.15, -0.1) is 0 Å². The number of hydrogen-bond donors (Lipinski definition) is 3. The second-order valence-electron chi connectivity index (χ2n) is 1.46. The van der Waals surface area contributed by atoms with Crippen LogP contribution in [-0.2, 0) is 4.79 Å². The Hall–Kier alpha value is 0.480. The summed E-state index contributed by atoms with van der Waals surface area (Å²) < 4.78 is 0. The van der Waals surface area contributed by atoms with Crippen molar-refractivity contribution >= 4 is 40.2 Å². The zero-order chi connectivity index (χ0) is 9.28. The van der Waals surface area contributed by atoms with E-state index in [1.165, 1.54) is 0 Å². The van der Waals surface area contributed by atoms with E-state index in [1.807, 2.05) is 0 Å². The molecule has 0 rings (SSSR count). The number of carbonyl (C=O) groups is 1. The van der Waals surface area contributed by atoms with Crippen LogP contribution < -0.4 is 5.73 Å². The second-order valence-corrected chi connectivity index (χ2v) is 4.49. The smallest absolute Gasteiger partial charge is 0.321 e. The van der Waals surface area contributed by atoms with Gasteiger partial charge in [0, 0.05) is 5.75 Å². The molecular formula is C5H13NO2S3. The Bertz CT molecular complexity index is 99.7. The van der Waals surface area contributed by atoms with E-state index in [2.05, 4.69) is 25.1 Å². The Morgan fingerprint density at radius 3 is 2.00 bits per heavy atom. The molecule has 0 saturated heterocycles. The molecule has 0 aliphatic rings. The number of thiol groups is 1. The maximum atomic E-state index is 9.76. The third kappa shape index (κ3) is 13.5. The van der Waals surface area contributed by atoms with E-state index in [0.29, 0.717) is 0 Å². The number of carboxylic acid groups (broad SMARTS) is 1. The average molecular weight is 215 g/mol. The number of rotatable bonds is 3. The maximum absolute atomic E-state index is 9.76. The highest BCUT2D eigenvalue weighted by Gasteiger charge is 2.06. The van der Waals surface area contributed by atoms with Gasteiger partial charge in [-0.2, -0.15) is 12.6 Å². The van der Waals surface area contributed by atoms with Crippen molar-refractivity contribution < 1.29 is 9.90 Å². The Morgan fingerprint density at radius 1 is 1.64 bits per heavy atom. The minimum Gasteiger partial charge on any atom is -0.480 e. The van der Waals surface area contributed by atoms with E-state index in [4.69, 9.17) is 10.8 Å². The van der Waals surface area contributed by atoms with Gasteiger partial charge in [0.15, 0.2) is 0 Å².